The fourth-order valence-corrected chi connectivity index (χ4v) is 2.65. The third-order valence-corrected chi connectivity index (χ3v) is 3.90. The molecule has 1 aliphatic rings. The average molecular weight is 276 g/mol. The standard InChI is InChI=1S/C15H20N2O3/c1-10-11(6-5-7-12(10)16)14(18)17-9-4-2-3-8-13(17)15(19)20/h5-7,13H,2-4,8-9,16H2,1H3,(H,19,20). The Balaban J connectivity index is 2.33. The molecule has 0 spiro atoms. The van der Waals surface area contributed by atoms with Crippen LogP contribution < -0.4 is 5.73 Å². The number of rotatable bonds is 2. The van der Waals surface area contributed by atoms with Gasteiger partial charge in [-0.2, -0.15) is 0 Å². The molecule has 5 heteroatoms. The average Bonchev–Trinajstić information content (AvgIpc) is 2.66. The van der Waals surface area contributed by atoms with Crippen molar-refractivity contribution in [1.29, 1.82) is 0 Å². The zero-order valence-corrected chi connectivity index (χ0v) is 11.6. The van der Waals surface area contributed by atoms with Crippen molar-refractivity contribution in [3.05, 3.63) is 29.3 Å². The largest absolute Gasteiger partial charge is 0.480 e. The Labute approximate surface area is 118 Å². The summed E-state index contributed by atoms with van der Waals surface area (Å²) in [6.45, 7) is 2.28. The molecule has 0 bridgehead atoms. The van der Waals surface area contributed by atoms with E-state index >= 15 is 0 Å². The van der Waals surface area contributed by atoms with Crippen molar-refractivity contribution in [3.63, 3.8) is 0 Å². The van der Waals surface area contributed by atoms with Crippen LogP contribution in [0.2, 0.25) is 0 Å². The van der Waals surface area contributed by atoms with Gasteiger partial charge < -0.3 is 15.7 Å². The van der Waals surface area contributed by atoms with Crippen LogP contribution in [0.5, 0.6) is 0 Å². The molecule has 0 saturated carbocycles. The van der Waals surface area contributed by atoms with Crippen molar-refractivity contribution in [2.24, 2.45) is 0 Å². The fraction of sp³-hybridized carbons (Fsp3) is 0.467. The minimum Gasteiger partial charge on any atom is -0.480 e. The number of hydrogen-bond donors (Lipinski definition) is 2. The molecule has 0 radical (unpaired) electrons. The maximum absolute atomic E-state index is 12.6. The van der Waals surface area contributed by atoms with Crippen molar-refractivity contribution in [2.75, 3.05) is 12.3 Å². The van der Waals surface area contributed by atoms with Crippen LogP contribution in [0.3, 0.4) is 0 Å². The van der Waals surface area contributed by atoms with Gasteiger partial charge in [0.25, 0.3) is 5.91 Å². The number of likely N-dealkylation sites (tertiary alicyclic amines) is 1. The fourth-order valence-electron chi connectivity index (χ4n) is 2.65. The van der Waals surface area contributed by atoms with E-state index in [1.54, 1.807) is 25.1 Å². The lowest BCUT2D eigenvalue weighted by atomic mass is 10.0. The molecule has 0 aliphatic carbocycles. The predicted molar refractivity (Wildman–Crippen MR) is 76.5 cm³/mol. The predicted octanol–water partition coefficient (Wildman–Crippen LogP) is 2.05. The van der Waals surface area contributed by atoms with Crippen molar-refractivity contribution < 1.29 is 14.7 Å². The van der Waals surface area contributed by atoms with Gasteiger partial charge >= 0.3 is 5.97 Å². The number of nitrogens with zero attached hydrogens (tertiary/aromatic N) is 1. The highest BCUT2D eigenvalue weighted by atomic mass is 16.4. The zero-order valence-electron chi connectivity index (χ0n) is 11.6. The molecule has 20 heavy (non-hydrogen) atoms. The summed E-state index contributed by atoms with van der Waals surface area (Å²) in [7, 11) is 0. The normalized spacial score (nSPS) is 19.4. The smallest absolute Gasteiger partial charge is 0.326 e. The van der Waals surface area contributed by atoms with Crippen LogP contribution in [0.4, 0.5) is 5.69 Å². The highest BCUT2D eigenvalue weighted by Crippen LogP contribution is 2.23. The van der Waals surface area contributed by atoms with E-state index in [9.17, 15) is 14.7 Å². The molecule has 1 aromatic carbocycles. The highest BCUT2D eigenvalue weighted by Gasteiger charge is 2.31. The third kappa shape index (κ3) is 2.76. The van der Waals surface area contributed by atoms with Crippen molar-refractivity contribution >= 4 is 17.6 Å². The van der Waals surface area contributed by atoms with Crippen LogP contribution in [0, 0.1) is 6.92 Å². The van der Waals surface area contributed by atoms with Crippen LogP contribution in [0.15, 0.2) is 18.2 Å². The van der Waals surface area contributed by atoms with Crippen molar-refractivity contribution in [1.82, 2.24) is 4.90 Å². The second-order valence-corrected chi connectivity index (χ2v) is 5.22. The maximum atomic E-state index is 12.6. The number of anilines is 1. The number of hydrogen-bond acceptors (Lipinski definition) is 3. The molecule has 1 aromatic rings. The Hall–Kier alpha value is -2.04. The van der Waals surface area contributed by atoms with Crippen LogP contribution in [-0.2, 0) is 4.79 Å². The molecule has 5 nitrogen and oxygen atoms in total. The topological polar surface area (TPSA) is 83.6 Å². The summed E-state index contributed by atoms with van der Waals surface area (Å²) in [6.07, 6.45) is 3.17. The molecule has 2 rings (SSSR count). The monoisotopic (exact) mass is 276 g/mol. The van der Waals surface area contributed by atoms with Crippen LogP contribution in [-0.4, -0.2) is 34.5 Å². The van der Waals surface area contributed by atoms with E-state index in [1.807, 2.05) is 0 Å². The molecule has 1 fully saturated rings. The van der Waals surface area contributed by atoms with E-state index in [2.05, 4.69) is 0 Å². The van der Waals surface area contributed by atoms with Gasteiger partial charge in [-0.05, 0) is 37.5 Å². The van der Waals surface area contributed by atoms with E-state index in [1.165, 1.54) is 4.90 Å². The summed E-state index contributed by atoms with van der Waals surface area (Å²) in [6, 6.07) is 4.44. The summed E-state index contributed by atoms with van der Waals surface area (Å²) < 4.78 is 0. The zero-order chi connectivity index (χ0) is 14.7. The Morgan fingerprint density at radius 1 is 1.30 bits per heavy atom. The van der Waals surface area contributed by atoms with Gasteiger partial charge in [-0.3, -0.25) is 4.79 Å². The van der Waals surface area contributed by atoms with Gasteiger partial charge in [0.15, 0.2) is 0 Å². The van der Waals surface area contributed by atoms with E-state index in [0.717, 1.165) is 19.3 Å². The maximum Gasteiger partial charge on any atom is 0.326 e. The van der Waals surface area contributed by atoms with Crippen LogP contribution in [0.1, 0.15) is 41.6 Å². The first-order valence-corrected chi connectivity index (χ1v) is 6.91. The highest BCUT2D eigenvalue weighted by molar-refractivity contribution is 5.98. The quantitative estimate of drug-likeness (QED) is 0.810. The van der Waals surface area contributed by atoms with Gasteiger partial charge in [-0.25, -0.2) is 4.79 Å². The number of nitrogens with two attached hydrogens (primary N) is 1. The number of carboxylic acids is 1. The van der Waals surface area contributed by atoms with Crippen LogP contribution in [0.25, 0.3) is 0 Å². The van der Waals surface area contributed by atoms with Crippen LogP contribution >= 0.6 is 0 Å². The number of carbonyl (C=O) groups excluding carboxylic acids is 1. The number of carboxylic acid groups (broad SMARTS) is 1. The molecule has 1 atom stereocenters. The van der Waals surface area contributed by atoms with Gasteiger partial charge in [0.2, 0.25) is 0 Å². The molecular formula is C15H20N2O3. The second kappa shape index (κ2) is 5.94. The minimum atomic E-state index is -0.929. The number of benzene rings is 1. The van der Waals surface area contributed by atoms with E-state index in [0.29, 0.717) is 29.8 Å². The Morgan fingerprint density at radius 3 is 2.75 bits per heavy atom. The molecule has 108 valence electrons. The van der Waals surface area contributed by atoms with Gasteiger partial charge in [-0.15, -0.1) is 0 Å². The number of amides is 1. The number of aliphatic carboxylic acids is 1. The summed E-state index contributed by atoms with van der Waals surface area (Å²) in [5, 5.41) is 9.33. The molecule has 1 amide bonds. The molecule has 1 unspecified atom stereocenters. The van der Waals surface area contributed by atoms with Gasteiger partial charge in [0, 0.05) is 17.8 Å². The van der Waals surface area contributed by atoms with E-state index in [-0.39, 0.29) is 5.91 Å². The summed E-state index contributed by atoms with van der Waals surface area (Å²) >= 11 is 0. The van der Waals surface area contributed by atoms with Gasteiger partial charge in [-0.1, -0.05) is 18.9 Å². The Bertz CT molecular complexity index is 528. The molecule has 1 heterocycles. The summed E-state index contributed by atoms with van der Waals surface area (Å²) in [4.78, 5) is 25.5. The SMILES string of the molecule is Cc1c(N)cccc1C(=O)N1CCCCCC1C(=O)O. The minimum absolute atomic E-state index is 0.232. The summed E-state index contributed by atoms with van der Waals surface area (Å²) in [5.41, 5.74) is 7.59. The lowest BCUT2D eigenvalue weighted by Gasteiger charge is -2.27. The lowest BCUT2D eigenvalue weighted by molar-refractivity contribution is -0.142. The molecule has 0 aromatic heterocycles. The number of nitrogen functional groups attached to an aromatic ring is 1. The molecular weight excluding hydrogens is 256 g/mol. The Kier molecular flexibility index (Phi) is 4.27. The molecule has 1 aliphatic heterocycles. The third-order valence-electron chi connectivity index (χ3n) is 3.90. The lowest BCUT2D eigenvalue weighted by Crippen LogP contribution is -2.44. The van der Waals surface area contributed by atoms with E-state index in [4.69, 9.17) is 5.73 Å². The molecule has 1 saturated heterocycles. The summed E-state index contributed by atoms with van der Waals surface area (Å²) in [5.74, 6) is -1.16. The van der Waals surface area contributed by atoms with E-state index < -0.39 is 12.0 Å². The van der Waals surface area contributed by atoms with Crippen molar-refractivity contribution in [2.45, 2.75) is 38.6 Å². The van der Waals surface area contributed by atoms with Gasteiger partial charge in [0.1, 0.15) is 6.04 Å². The van der Waals surface area contributed by atoms with Crippen molar-refractivity contribution in [3.8, 4) is 0 Å². The first-order chi connectivity index (χ1) is 9.52. The van der Waals surface area contributed by atoms with Gasteiger partial charge in [0.05, 0.1) is 0 Å². The first-order valence-electron chi connectivity index (χ1n) is 6.91. The Morgan fingerprint density at radius 2 is 2.05 bits per heavy atom. The second-order valence-electron chi connectivity index (χ2n) is 5.22. The number of carbonyl (C=O) groups is 2. The molecule has 3 N–H and O–H groups in total. The first kappa shape index (κ1) is 14.4.